The molecular weight excluding hydrogens is 244 g/mol. The molecule has 0 aromatic heterocycles. The van der Waals surface area contributed by atoms with Crippen molar-refractivity contribution in [1.29, 1.82) is 5.26 Å². The number of nitrogens with one attached hydrogen (secondary N) is 1. The molecule has 1 N–H and O–H groups in total. The van der Waals surface area contributed by atoms with Crippen LogP contribution >= 0.6 is 0 Å². The molecule has 1 rings (SSSR count). The molecule has 0 fully saturated rings. The van der Waals surface area contributed by atoms with Gasteiger partial charge in [-0.1, -0.05) is 0 Å². The highest BCUT2D eigenvalue weighted by Gasteiger charge is 1.93. The third kappa shape index (κ3) is 7.42. The van der Waals surface area contributed by atoms with Gasteiger partial charge in [0.15, 0.2) is 0 Å². The van der Waals surface area contributed by atoms with Crippen LogP contribution in [-0.2, 0) is 14.2 Å². The van der Waals surface area contributed by atoms with Gasteiger partial charge in [0.05, 0.1) is 44.7 Å². The number of ether oxygens (including phenoxy) is 3. The molecule has 1 aromatic rings. The first-order valence-electron chi connectivity index (χ1n) is 6.25. The lowest BCUT2D eigenvalue weighted by molar-refractivity contribution is 0.0272. The Hall–Kier alpha value is -1.61. The summed E-state index contributed by atoms with van der Waals surface area (Å²) in [7, 11) is 1.65. The summed E-state index contributed by atoms with van der Waals surface area (Å²) in [6.45, 7) is 3.72. The van der Waals surface area contributed by atoms with Crippen LogP contribution in [-0.4, -0.2) is 46.7 Å². The maximum atomic E-state index is 8.67. The van der Waals surface area contributed by atoms with E-state index >= 15 is 0 Å². The summed E-state index contributed by atoms with van der Waals surface area (Å²) >= 11 is 0. The van der Waals surface area contributed by atoms with Crippen LogP contribution in [0, 0.1) is 11.3 Å². The Kier molecular flexibility index (Phi) is 8.39. The van der Waals surface area contributed by atoms with E-state index in [0.29, 0.717) is 38.6 Å². The molecule has 1 aromatic carbocycles. The van der Waals surface area contributed by atoms with Crippen molar-refractivity contribution in [3.8, 4) is 6.07 Å². The highest BCUT2D eigenvalue weighted by molar-refractivity contribution is 5.46. The number of methoxy groups -OCH3 is 1. The van der Waals surface area contributed by atoms with Crippen molar-refractivity contribution >= 4 is 5.69 Å². The molecule has 0 bridgehead atoms. The summed E-state index contributed by atoms with van der Waals surface area (Å²) in [6, 6.07) is 9.42. The number of anilines is 1. The Morgan fingerprint density at radius 3 is 2.26 bits per heavy atom. The van der Waals surface area contributed by atoms with Gasteiger partial charge >= 0.3 is 0 Å². The maximum absolute atomic E-state index is 8.67. The fraction of sp³-hybridized carbons (Fsp3) is 0.500. The monoisotopic (exact) mass is 264 g/mol. The molecule has 0 saturated heterocycles. The van der Waals surface area contributed by atoms with Crippen molar-refractivity contribution in [3.63, 3.8) is 0 Å². The predicted octanol–water partition coefficient (Wildman–Crippen LogP) is 1.65. The summed E-state index contributed by atoms with van der Waals surface area (Å²) < 4.78 is 15.5. The third-order valence-corrected chi connectivity index (χ3v) is 2.39. The molecule has 0 saturated carbocycles. The Balaban J connectivity index is 1.97. The van der Waals surface area contributed by atoms with Crippen LogP contribution in [0.15, 0.2) is 24.3 Å². The summed E-state index contributed by atoms with van der Waals surface area (Å²) in [5.41, 5.74) is 1.65. The Morgan fingerprint density at radius 2 is 1.63 bits per heavy atom. The van der Waals surface area contributed by atoms with Crippen LogP contribution in [0.1, 0.15) is 5.56 Å². The lowest BCUT2D eigenvalue weighted by Crippen LogP contribution is -2.13. The number of nitriles is 1. The molecule has 19 heavy (non-hydrogen) atoms. The third-order valence-electron chi connectivity index (χ3n) is 2.39. The number of nitrogens with zero attached hydrogens (tertiary/aromatic N) is 1. The second-order valence-corrected chi connectivity index (χ2v) is 3.83. The maximum Gasteiger partial charge on any atom is 0.0991 e. The van der Waals surface area contributed by atoms with Crippen LogP contribution in [0.2, 0.25) is 0 Å². The van der Waals surface area contributed by atoms with Gasteiger partial charge in [0.1, 0.15) is 0 Å². The number of hydrogen-bond acceptors (Lipinski definition) is 5. The van der Waals surface area contributed by atoms with Crippen molar-refractivity contribution in [2.75, 3.05) is 52.0 Å². The first kappa shape index (κ1) is 15.4. The highest BCUT2D eigenvalue weighted by Crippen LogP contribution is 2.07. The zero-order valence-electron chi connectivity index (χ0n) is 11.2. The van der Waals surface area contributed by atoms with Gasteiger partial charge in [-0.3, -0.25) is 0 Å². The zero-order chi connectivity index (χ0) is 13.8. The molecule has 0 aliphatic carbocycles. The summed E-state index contributed by atoms with van der Waals surface area (Å²) in [5.74, 6) is 0. The second-order valence-electron chi connectivity index (χ2n) is 3.83. The van der Waals surface area contributed by atoms with Crippen LogP contribution < -0.4 is 5.32 Å². The molecule has 5 nitrogen and oxygen atoms in total. The molecule has 0 aliphatic heterocycles. The SMILES string of the molecule is COCCOCCOCCNc1ccc(C#N)cc1. The van der Waals surface area contributed by atoms with Gasteiger partial charge in [-0.25, -0.2) is 0 Å². The molecule has 0 spiro atoms. The summed E-state index contributed by atoms with van der Waals surface area (Å²) in [6.07, 6.45) is 0. The minimum Gasteiger partial charge on any atom is -0.383 e. The van der Waals surface area contributed by atoms with E-state index in [0.717, 1.165) is 12.2 Å². The molecule has 0 radical (unpaired) electrons. The van der Waals surface area contributed by atoms with E-state index < -0.39 is 0 Å². The predicted molar refractivity (Wildman–Crippen MR) is 73.2 cm³/mol. The van der Waals surface area contributed by atoms with E-state index in [4.69, 9.17) is 19.5 Å². The second kappa shape index (κ2) is 10.3. The van der Waals surface area contributed by atoms with Crippen LogP contribution in [0.4, 0.5) is 5.69 Å². The lowest BCUT2D eigenvalue weighted by atomic mass is 10.2. The Bertz CT molecular complexity index is 373. The van der Waals surface area contributed by atoms with Crippen molar-refractivity contribution < 1.29 is 14.2 Å². The average molecular weight is 264 g/mol. The van der Waals surface area contributed by atoms with E-state index in [1.54, 1.807) is 19.2 Å². The molecule has 0 atom stereocenters. The molecule has 0 amide bonds. The normalized spacial score (nSPS) is 10.1. The Morgan fingerprint density at radius 1 is 1.00 bits per heavy atom. The summed E-state index contributed by atoms with van der Waals surface area (Å²) in [5, 5.41) is 11.9. The number of hydrogen-bond donors (Lipinski definition) is 1. The molecule has 0 aliphatic rings. The first-order chi connectivity index (χ1) is 9.36. The van der Waals surface area contributed by atoms with Crippen molar-refractivity contribution in [3.05, 3.63) is 29.8 Å². The Labute approximate surface area is 114 Å². The topological polar surface area (TPSA) is 63.5 Å². The van der Waals surface area contributed by atoms with E-state index in [1.165, 1.54) is 0 Å². The van der Waals surface area contributed by atoms with Gasteiger partial charge in [0, 0.05) is 19.3 Å². The summed E-state index contributed by atoms with van der Waals surface area (Å²) in [4.78, 5) is 0. The van der Waals surface area contributed by atoms with Gasteiger partial charge in [-0.15, -0.1) is 0 Å². The van der Waals surface area contributed by atoms with Gasteiger partial charge in [-0.05, 0) is 24.3 Å². The van der Waals surface area contributed by atoms with Crippen molar-refractivity contribution in [2.45, 2.75) is 0 Å². The zero-order valence-corrected chi connectivity index (χ0v) is 11.2. The highest BCUT2D eigenvalue weighted by atomic mass is 16.5. The minimum atomic E-state index is 0.582. The molecule has 0 unspecified atom stereocenters. The van der Waals surface area contributed by atoms with E-state index in [-0.39, 0.29) is 0 Å². The fourth-order valence-corrected chi connectivity index (χ4v) is 1.39. The first-order valence-corrected chi connectivity index (χ1v) is 6.25. The van der Waals surface area contributed by atoms with Crippen LogP contribution in [0.25, 0.3) is 0 Å². The number of rotatable bonds is 10. The molecular formula is C14H20N2O3. The molecule has 104 valence electrons. The van der Waals surface area contributed by atoms with Gasteiger partial charge < -0.3 is 19.5 Å². The van der Waals surface area contributed by atoms with Crippen LogP contribution in [0.3, 0.4) is 0 Å². The van der Waals surface area contributed by atoms with E-state index in [1.807, 2.05) is 12.1 Å². The van der Waals surface area contributed by atoms with E-state index in [9.17, 15) is 0 Å². The van der Waals surface area contributed by atoms with Gasteiger partial charge in [-0.2, -0.15) is 5.26 Å². The largest absolute Gasteiger partial charge is 0.383 e. The minimum absolute atomic E-state index is 0.582. The van der Waals surface area contributed by atoms with Gasteiger partial charge in [0.2, 0.25) is 0 Å². The average Bonchev–Trinajstić information content (AvgIpc) is 2.46. The smallest absolute Gasteiger partial charge is 0.0991 e. The molecule has 5 heteroatoms. The fourth-order valence-electron chi connectivity index (χ4n) is 1.39. The quantitative estimate of drug-likeness (QED) is 0.651. The van der Waals surface area contributed by atoms with Gasteiger partial charge in [0.25, 0.3) is 0 Å². The van der Waals surface area contributed by atoms with Crippen molar-refractivity contribution in [1.82, 2.24) is 0 Å². The van der Waals surface area contributed by atoms with Crippen LogP contribution in [0.5, 0.6) is 0 Å². The standard InChI is InChI=1S/C14H20N2O3/c1-17-8-9-19-11-10-18-7-6-16-14-4-2-13(12-15)3-5-14/h2-5,16H,6-11H2,1H3. The molecule has 0 heterocycles. The number of benzene rings is 1. The van der Waals surface area contributed by atoms with E-state index in [2.05, 4.69) is 11.4 Å². The van der Waals surface area contributed by atoms with Crippen molar-refractivity contribution in [2.24, 2.45) is 0 Å². The lowest BCUT2D eigenvalue weighted by Gasteiger charge is -2.08.